The van der Waals surface area contributed by atoms with E-state index in [0.717, 1.165) is 16.7 Å². The number of hydrogen-bond acceptors (Lipinski definition) is 9. The lowest BCUT2D eigenvalue weighted by Gasteiger charge is -2.44. The zero-order valence-corrected chi connectivity index (χ0v) is 29.6. The zero-order valence-electron chi connectivity index (χ0n) is 29.6. The number of ether oxygens (including phenoxy) is 5. The van der Waals surface area contributed by atoms with E-state index in [0.29, 0.717) is 0 Å². The standard InChI is InChI=1S/C46H38O9/c47-42(32-19-7-1-8-20-32)53-39-38(31-51-46(35-25-13-4-14-26-35,36-27-15-5-16-28-36)37-29-17-6-18-30-37)52-45(50)41(55-44(49)34-23-11-3-12-24-34)40(39)54-43(48)33-21-9-2-10-22-33/h1-30,38-41,45,50H,31H2/t38-,39-,40+,41-,45-/m1/s1. The summed E-state index contributed by atoms with van der Waals surface area (Å²) in [6.45, 7) is -0.290. The summed E-state index contributed by atoms with van der Waals surface area (Å²) in [5.74, 6) is -2.37. The first kappa shape index (κ1) is 36.9. The van der Waals surface area contributed by atoms with Gasteiger partial charge in [-0.3, -0.25) is 0 Å². The van der Waals surface area contributed by atoms with Gasteiger partial charge in [-0.1, -0.05) is 146 Å². The third-order valence-electron chi connectivity index (χ3n) is 9.37. The number of benzene rings is 6. The lowest BCUT2D eigenvalue weighted by Crippen LogP contribution is -2.62. The Hall–Kier alpha value is -6.39. The summed E-state index contributed by atoms with van der Waals surface area (Å²) in [5, 5.41) is 11.7. The maximum Gasteiger partial charge on any atom is 0.338 e. The van der Waals surface area contributed by atoms with Crippen molar-refractivity contribution in [1.29, 1.82) is 0 Å². The number of esters is 3. The van der Waals surface area contributed by atoms with Gasteiger partial charge in [0.1, 0.15) is 11.7 Å². The van der Waals surface area contributed by atoms with Crippen molar-refractivity contribution >= 4 is 17.9 Å². The molecule has 0 bridgehead atoms. The molecule has 1 aliphatic rings. The monoisotopic (exact) mass is 734 g/mol. The highest BCUT2D eigenvalue weighted by molar-refractivity contribution is 5.91. The van der Waals surface area contributed by atoms with Gasteiger partial charge in [0.05, 0.1) is 23.3 Å². The Labute approximate surface area is 318 Å². The zero-order chi connectivity index (χ0) is 38.0. The second kappa shape index (κ2) is 17.2. The van der Waals surface area contributed by atoms with Crippen molar-refractivity contribution in [3.63, 3.8) is 0 Å². The smallest absolute Gasteiger partial charge is 0.338 e. The molecule has 1 heterocycles. The van der Waals surface area contributed by atoms with Gasteiger partial charge in [-0.15, -0.1) is 0 Å². The summed E-state index contributed by atoms with van der Waals surface area (Å²) in [4.78, 5) is 41.0. The summed E-state index contributed by atoms with van der Waals surface area (Å²) in [7, 11) is 0. The first-order valence-electron chi connectivity index (χ1n) is 17.9. The minimum atomic E-state index is -1.83. The molecule has 0 aliphatic carbocycles. The van der Waals surface area contributed by atoms with Crippen molar-refractivity contribution in [2.45, 2.75) is 36.3 Å². The van der Waals surface area contributed by atoms with Crippen LogP contribution in [0, 0.1) is 0 Å². The highest BCUT2D eigenvalue weighted by atomic mass is 16.7. The Balaban J connectivity index is 1.31. The molecule has 276 valence electrons. The predicted octanol–water partition coefficient (Wildman–Crippen LogP) is 7.39. The molecule has 0 radical (unpaired) electrons. The number of rotatable bonds is 12. The summed E-state index contributed by atoms with van der Waals surface area (Å²) in [6, 6.07) is 53.5. The van der Waals surface area contributed by atoms with Crippen LogP contribution in [0.3, 0.4) is 0 Å². The normalized spacial score (nSPS) is 19.5. The lowest BCUT2D eigenvalue weighted by atomic mass is 9.80. The number of hydrogen-bond donors (Lipinski definition) is 1. The van der Waals surface area contributed by atoms with Crippen LogP contribution in [0.25, 0.3) is 0 Å². The molecular formula is C46H38O9. The first-order chi connectivity index (χ1) is 26.9. The van der Waals surface area contributed by atoms with Crippen LogP contribution >= 0.6 is 0 Å². The van der Waals surface area contributed by atoms with Crippen LogP contribution < -0.4 is 0 Å². The Morgan fingerprint density at radius 3 is 1.13 bits per heavy atom. The highest BCUT2D eigenvalue weighted by Gasteiger charge is 2.53. The minimum absolute atomic E-state index is 0.185. The van der Waals surface area contributed by atoms with Crippen molar-refractivity contribution < 1.29 is 43.2 Å². The van der Waals surface area contributed by atoms with E-state index in [1.165, 1.54) is 0 Å². The summed E-state index contributed by atoms with van der Waals surface area (Å²) < 4.78 is 31.3. The molecule has 6 aromatic rings. The molecule has 9 heteroatoms. The van der Waals surface area contributed by atoms with E-state index in [2.05, 4.69) is 0 Å². The Morgan fingerprint density at radius 1 is 0.455 bits per heavy atom. The van der Waals surface area contributed by atoms with Crippen molar-refractivity contribution in [3.05, 3.63) is 215 Å². The van der Waals surface area contributed by atoms with Gasteiger partial charge >= 0.3 is 17.9 Å². The topological polar surface area (TPSA) is 118 Å². The Morgan fingerprint density at radius 2 is 0.764 bits per heavy atom. The average Bonchev–Trinajstić information content (AvgIpc) is 3.25. The molecule has 0 unspecified atom stereocenters. The quantitative estimate of drug-likeness (QED) is 0.0781. The summed E-state index contributed by atoms with van der Waals surface area (Å²) >= 11 is 0. The number of carbonyl (C=O) groups excluding carboxylic acids is 3. The Bertz CT molecular complexity index is 2050. The van der Waals surface area contributed by atoms with E-state index in [-0.39, 0.29) is 23.3 Å². The van der Waals surface area contributed by atoms with Crippen LogP contribution in [0.1, 0.15) is 47.8 Å². The SMILES string of the molecule is O=C(O[C@@H]1[C@@H](OC(=O)c2ccccc2)[C@H](O)O[C@H](COC(c2ccccc2)(c2ccccc2)c2ccccc2)[C@H]1OC(=O)c1ccccc1)c1ccccc1. The van der Waals surface area contributed by atoms with Crippen molar-refractivity contribution in [1.82, 2.24) is 0 Å². The summed E-state index contributed by atoms with van der Waals surface area (Å²) in [5.41, 5.74) is 1.75. The van der Waals surface area contributed by atoms with Gasteiger partial charge < -0.3 is 28.8 Å². The molecule has 0 spiro atoms. The van der Waals surface area contributed by atoms with Crippen molar-refractivity contribution in [2.75, 3.05) is 6.61 Å². The average molecular weight is 735 g/mol. The van der Waals surface area contributed by atoms with E-state index < -0.39 is 54.2 Å². The molecule has 1 N–H and O–H groups in total. The molecular weight excluding hydrogens is 696 g/mol. The van der Waals surface area contributed by atoms with E-state index >= 15 is 0 Å². The molecule has 9 nitrogen and oxygen atoms in total. The van der Waals surface area contributed by atoms with Crippen LogP contribution in [-0.2, 0) is 29.3 Å². The van der Waals surface area contributed by atoms with Gasteiger partial charge in [0.2, 0.25) is 0 Å². The van der Waals surface area contributed by atoms with E-state index in [9.17, 15) is 19.5 Å². The molecule has 7 rings (SSSR count). The number of carbonyl (C=O) groups is 3. The van der Waals surface area contributed by atoms with Crippen LogP contribution in [0.4, 0.5) is 0 Å². The van der Waals surface area contributed by atoms with Crippen LogP contribution in [0.2, 0.25) is 0 Å². The molecule has 1 fully saturated rings. The van der Waals surface area contributed by atoms with E-state index in [4.69, 9.17) is 23.7 Å². The van der Waals surface area contributed by atoms with Crippen LogP contribution in [0.15, 0.2) is 182 Å². The van der Waals surface area contributed by atoms with Crippen LogP contribution in [-0.4, -0.2) is 60.3 Å². The second-order valence-corrected chi connectivity index (χ2v) is 12.9. The van der Waals surface area contributed by atoms with Crippen molar-refractivity contribution in [3.8, 4) is 0 Å². The first-order valence-corrected chi connectivity index (χ1v) is 17.9. The van der Waals surface area contributed by atoms with Gasteiger partial charge in [-0.25, -0.2) is 14.4 Å². The third-order valence-corrected chi connectivity index (χ3v) is 9.37. The van der Waals surface area contributed by atoms with Crippen molar-refractivity contribution in [2.24, 2.45) is 0 Å². The fourth-order valence-corrected chi connectivity index (χ4v) is 6.70. The predicted molar refractivity (Wildman–Crippen MR) is 203 cm³/mol. The summed E-state index contributed by atoms with van der Waals surface area (Å²) in [6.07, 6.45) is -7.70. The van der Waals surface area contributed by atoms with E-state index in [1.807, 2.05) is 91.0 Å². The Kier molecular flexibility index (Phi) is 11.5. The van der Waals surface area contributed by atoms with Gasteiger partial charge in [-0.05, 0) is 53.1 Å². The highest BCUT2D eigenvalue weighted by Crippen LogP contribution is 2.41. The van der Waals surface area contributed by atoms with Crippen LogP contribution in [0.5, 0.6) is 0 Å². The largest absolute Gasteiger partial charge is 0.452 e. The molecule has 5 atom stereocenters. The second-order valence-electron chi connectivity index (χ2n) is 12.9. The van der Waals surface area contributed by atoms with Gasteiger partial charge in [0.25, 0.3) is 0 Å². The molecule has 55 heavy (non-hydrogen) atoms. The molecule has 0 aromatic heterocycles. The molecule has 0 amide bonds. The number of aliphatic hydroxyl groups excluding tert-OH is 1. The fraction of sp³-hybridized carbons (Fsp3) is 0.152. The third kappa shape index (κ3) is 8.24. The molecule has 6 aromatic carbocycles. The van der Waals surface area contributed by atoms with Gasteiger partial charge in [-0.2, -0.15) is 0 Å². The molecule has 1 aliphatic heterocycles. The van der Waals surface area contributed by atoms with Gasteiger partial charge in [0, 0.05) is 0 Å². The van der Waals surface area contributed by atoms with E-state index in [1.54, 1.807) is 91.0 Å². The fourth-order valence-electron chi connectivity index (χ4n) is 6.70. The maximum atomic E-state index is 13.8. The molecule has 0 saturated carbocycles. The van der Waals surface area contributed by atoms with Gasteiger partial charge in [0.15, 0.2) is 24.6 Å². The lowest BCUT2D eigenvalue weighted by molar-refractivity contribution is -0.289. The minimum Gasteiger partial charge on any atom is -0.452 e. The maximum absolute atomic E-state index is 13.8. The number of aliphatic hydroxyl groups is 1. The molecule has 1 saturated heterocycles.